The first kappa shape index (κ1) is 23.9. The van der Waals surface area contributed by atoms with Crippen LogP contribution < -0.4 is 10.1 Å². The van der Waals surface area contributed by atoms with Crippen molar-refractivity contribution in [2.24, 2.45) is 22.5 Å². The number of hydrogen-bond donors (Lipinski definition) is 1. The third-order valence-electron chi connectivity index (χ3n) is 7.08. The Morgan fingerprint density at radius 2 is 1.94 bits per heavy atom. The molecule has 36 heavy (non-hydrogen) atoms. The summed E-state index contributed by atoms with van der Waals surface area (Å²) in [5.74, 6) is 1.93. The van der Waals surface area contributed by atoms with Gasteiger partial charge in [0.1, 0.15) is 11.6 Å². The lowest BCUT2D eigenvalue weighted by Crippen LogP contribution is -2.29. The van der Waals surface area contributed by atoms with Gasteiger partial charge in [0.05, 0.1) is 30.9 Å². The van der Waals surface area contributed by atoms with Crippen molar-refractivity contribution < 1.29 is 9.53 Å². The molecule has 1 unspecified atom stereocenters. The van der Waals surface area contributed by atoms with Gasteiger partial charge in [-0.2, -0.15) is 0 Å². The van der Waals surface area contributed by atoms with Gasteiger partial charge in [0.25, 0.3) is 5.91 Å². The van der Waals surface area contributed by atoms with Crippen molar-refractivity contribution in [2.75, 3.05) is 12.4 Å². The number of nitrogens with zero attached hydrogens (tertiary/aromatic N) is 5. The zero-order valence-corrected chi connectivity index (χ0v) is 21.7. The van der Waals surface area contributed by atoms with Crippen LogP contribution in [0.2, 0.25) is 0 Å². The van der Waals surface area contributed by atoms with Crippen molar-refractivity contribution in [1.82, 2.24) is 9.55 Å². The molecule has 0 spiro atoms. The second-order valence-electron chi connectivity index (χ2n) is 10.7. The molecule has 1 aliphatic heterocycles. The lowest BCUT2D eigenvalue weighted by molar-refractivity contribution is 0.102. The number of methoxy groups -OCH3 is 1. The molecule has 1 amide bonds. The van der Waals surface area contributed by atoms with Crippen molar-refractivity contribution >= 4 is 17.8 Å². The van der Waals surface area contributed by atoms with Crippen molar-refractivity contribution in [3.63, 3.8) is 0 Å². The summed E-state index contributed by atoms with van der Waals surface area (Å²) >= 11 is 0. The van der Waals surface area contributed by atoms with Gasteiger partial charge in [-0.3, -0.25) is 4.79 Å². The summed E-state index contributed by atoms with van der Waals surface area (Å²) in [5.41, 5.74) is 3.97. The van der Waals surface area contributed by atoms with Gasteiger partial charge in [0, 0.05) is 18.5 Å². The average Bonchev–Trinajstić information content (AvgIpc) is 3.43. The average molecular weight is 485 g/mol. The third kappa shape index (κ3) is 4.10. The second kappa shape index (κ2) is 8.69. The largest absolute Gasteiger partial charge is 0.495 e. The van der Waals surface area contributed by atoms with Gasteiger partial charge >= 0.3 is 0 Å². The van der Waals surface area contributed by atoms with Gasteiger partial charge in [0.2, 0.25) is 0 Å². The number of imidazole rings is 1. The van der Waals surface area contributed by atoms with E-state index in [4.69, 9.17) is 4.74 Å². The molecular formula is C28H32N6O2. The molecule has 2 aliphatic rings. The van der Waals surface area contributed by atoms with Crippen LogP contribution in [-0.4, -0.2) is 28.8 Å². The Hall–Kier alpha value is -3.81. The van der Waals surface area contributed by atoms with Gasteiger partial charge in [0.15, 0.2) is 5.54 Å². The smallest absolute Gasteiger partial charge is 0.255 e. The molecule has 0 radical (unpaired) electrons. The van der Waals surface area contributed by atoms with Crippen LogP contribution in [0.3, 0.4) is 0 Å². The summed E-state index contributed by atoms with van der Waals surface area (Å²) in [5, 5.41) is 15.7. The van der Waals surface area contributed by atoms with Gasteiger partial charge < -0.3 is 14.6 Å². The molecular weight excluding hydrogens is 452 g/mol. The Bertz CT molecular complexity index is 1380. The Morgan fingerprint density at radius 1 is 1.17 bits per heavy atom. The number of aromatic nitrogens is 2. The zero-order valence-electron chi connectivity index (χ0n) is 21.7. The number of anilines is 1. The molecule has 3 aromatic rings. The number of ether oxygens (including phenoxy) is 1. The van der Waals surface area contributed by atoms with Crippen LogP contribution in [0.15, 0.2) is 58.0 Å². The lowest BCUT2D eigenvalue weighted by Gasteiger charge is -2.25. The molecule has 1 N–H and O–H groups in total. The van der Waals surface area contributed by atoms with E-state index in [0.717, 1.165) is 41.1 Å². The molecule has 1 saturated carbocycles. The molecule has 1 fully saturated rings. The first-order chi connectivity index (χ1) is 17.1. The highest BCUT2D eigenvalue weighted by atomic mass is 16.5. The highest BCUT2D eigenvalue weighted by Gasteiger charge is 2.42. The predicted molar refractivity (Wildman–Crippen MR) is 140 cm³/mol. The van der Waals surface area contributed by atoms with E-state index in [1.807, 2.05) is 56.6 Å². The molecule has 186 valence electrons. The third-order valence-corrected chi connectivity index (χ3v) is 7.08. The quantitative estimate of drug-likeness (QED) is 0.475. The normalized spacial score (nSPS) is 19.1. The summed E-state index contributed by atoms with van der Waals surface area (Å²) in [6.45, 7) is 8.42. The monoisotopic (exact) mass is 484 g/mol. The maximum atomic E-state index is 13.5. The van der Waals surface area contributed by atoms with Crippen molar-refractivity contribution in [3.05, 3.63) is 76.4 Å². The fourth-order valence-electron chi connectivity index (χ4n) is 4.75. The first-order valence-electron chi connectivity index (χ1n) is 12.2. The second-order valence-corrected chi connectivity index (χ2v) is 10.7. The molecule has 8 nitrogen and oxygen atoms in total. The molecule has 1 aromatic heterocycles. The number of rotatable bonds is 6. The van der Waals surface area contributed by atoms with Crippen molar-refractivity contribution in [3.8, 4) is 5.75 Å². The first-order valence-corrected chi connectivity index (χ1v) is 12.2. The van der Waals surface area contributed by atoms with E-state index < -0.39 is 5.54 Å². The standard InChI is InChI=1S/C28H32N6O2/c1-17-7-8-19(26(35)31-22-14-20(27(2,3)4)11-12-23(22)36-6)13-21(17)28(16-30-33-32-28)24-15-29-25(34(24)5)18-9-10-18/h7-8,11-16,18H,9-10H2,1-6H3,(H,31,35). The zero-order chi connectivity index (χ0) is 25.7. The number of nitrogens with one attached hydrogen (secondary N) is 1. The van der Waals surface area contributed by atoms with E-state index in [1.165, 1.54) is 0 Å². The summed E-state index contributed by atoms with van der Waals surface area (Å²) in [6, 6.07) is 11.5. The minimum absolute atomic E-state index is 0.0651. The Morgan fingerprint density at radius 3 is 2.58 bits per heavy atom. The maximum Gasteiger partial charge on any atom is 0.255 e. The van der Waals surface area contributed by atoms with Gasteiger partial charge in [-0.25, -0.2) is 4.98 Å². The Labute approximate surface area is 211 Å². The predicted octanol–water partition coefficient (Wildman–Crippen LogP) is 5.86. The number of carbonyl (C=O) groups excluding carboxylic acids is 1. The fraction of sp³-hybridized carbons (Fsp3) is 0.393. The number of carbonyl (C=O) groups is 1. The molecule has 1 atom stereocenters. The molecule has 2 aromatic carbocycles. The highest BCUT2D eigenvalue weighted by molar-refractivity contribution is 6.05. The van der Waals surface area contributed by atoms with Crippen LogP contribution in [0.1, 0.15) is 78.1 Å². The Balaban J connectivity index is 1.53. The molecule has 8 heteroatoms. The lowest BCUT2D eigenvalue weighted by atomic mass is 9.84. The topological polar surface area (TPSA) is 93.2 Å². The van der Waals surface area contributed by atoms with Crippen LogP contribution in [0.5, 0.6) is 5.75 Å². The minimum atomic E-state index is -0.931. The number of amides is 1. The van der Waals surface area contributed by atoms with E-state index in [9.17, 15) is 4.79 Å². The van der Waals surface area contributed by atoms with Crippen LogP contribution in [-0.2, 0) is 18.0 Å². The fourth-order valence-corrected chi connectivity index (χ4v) is 4.75. The maximum absolute atomic E-state index is 13.5. The Kier molecular flexibility index (Phi) is 5.77. The van der Waals surface area contributed by atoms with E-state index in [1.54, 1.807) is 13.3 Å². The summed E-state index contributed by atoms with van der Waals surface area (Å²) in [4.78, 5) is 18.1. The minimum Gasteiger partial charge on any atom is -0.495 e. The van der Waals surface area contributed by atoms with E-state index >= 15 is 0 Å². The van der Waals surface area contributed by atoms with Gasteiger partial charge in [-0.05, 0) is 71.4 Å². The SMILES string of the molecule is COc1ccc(C(C)(C)C)cc1NC(=O)c1ccc(C)c(C2(c3cnc(C4CC4)n3C)C=NN=N2)c1. The molecule has 2 heterocycles. The number of aryl methyl sites for hydroxylation is 1. The van der Waals surface area contributed by atoms with Gasteiger partial charge in [-0.15, -0.1) is 10.2 Å². The van der Waals surface area contributed by atoms with E-state index in [2.05, 4.69) is 51.1 Å². The molecule has 5 rings (SSSR count). The van der Waals surface area contributed by atoms with Gasteiger partial charge in [-0.1, -0.05) is 32.9 Å². The highest BCUT2D eigenvalue weighted by Crippen LogP contribution is 2.43. The van der Waals surface area contributed by atoms with E-state index in [0.29, 0.717) is 22.9 Å². The number of benzene rings is 2. The van der Waals surface area contributed by atoms with E-state index in [-0.39, 0.29) is 11.3 Å². The van der Waals surface area contributed by atoms with Crippen LogP contribution in [0, 0.1) is 6.92 Å². The molecule has 1 aliphatic carbocycles. The molecule has 0 saturated heterocycles. The molecule has 0 bridgehead atoms. The van der Waals surface area contributed by atoms with Crippen LogP contribution >= 0.6 is 0 Å². The van der Waals surface area contributed by atoms with Crippen molar-refractivity contribution in [1.29, 1.82) is 0 Å². The van der Waals surface area contributed by atoms with Crippen LogP contribution in [0.25, 0.3) is 0 Å². The van der Waals surface area contributed by atoms with Crippen molar-refractivity contribution in [2.45, 2.75) is 57.4 Å². The van der Waals surface area contributed by atoms with Crippen LogP contribution in [0.4, 0.5) is 5.69 Å². The summed E-state index contributed by atoms with van der Waals surface area (Å²) < 4.78 is 7.62. The summed E-state index contributed by atoms with van der Waals surface area (Å²) in [7, 11) is 3.61. The number of hydrogen-bond acceptors (Lipinski definition) is 6. The summed E-state index contributed by atoms with van der Waals surface area (Å²) in [6.07, 6.45) is 5.91.